The first-order valence-corrected chi connectivity index (χ1v) is 10.1. The molecule has 1 aromatic carbocycles. The first-order valence-electron chi connectivity index (χ1n) is 8.33. The van der Waals surface area contributed by atoms with Gasteiger partial charge in [0.25, 0.3) is 0 Å². The molecule has 0 aliphatic heterocycles. The van der Waals surface area contributed by atoms with Crippen LogP contribution in [-0.2, 0) is 9.59 Å². The van der Waals surface area contributed by atoms with Crippen LogP contribution < -0.4 is 15.0 Å². The van der Waals surface area contributed by atoms with Crippen molar-refractivity contribution in [3.8, 4) is 5.75 Å². The van der Waals surface area contributed by atoms with Gasteiger partial charge in [0.2, 0.25) is 16.9 Å². The number of rotatable bonds is 8. The molecule has 1 aromatic heterocycles. The third kappa shape index (κ3) is 4.73. The number of carbonyl (C=O) groups excluding carboxylic acids is 2. The smallest absolute Gasteiger partial charge is 0.234 e. The predicted molar refractivity (Wildman–Crippen MR) is 103 cm³/mol. The summed E-state index contributed by atoms with van der Waals surface area (Å²) in [5.41, 5.74) is 0.711. The lowest BCUT2D eigenvalue weighted by Gasteiger charge is -2.17. The first kappa shape index (κ1) is 18.7. The van der Waals surface area contributed by atoms with Crippen molar-refractivity contribution in [2.75, 3.05) is 23.1 Å². The molecule has 0 bridgehead atoms. The summed E-state index contributed by atoms with van der Waals surface area (Å²) >= 11 is 2.67. The number of methoxy groups -OCH3 is 1. The Balaban J connectivity index is 1.53. The van der Waals surface area contributed by atoms with Gasteiger partial charge >= 0.3 is 0 Å². The minimum atomic E-state index is -0.124. The van der Waals surface area contributed by atoms with Crippen molar-refractivity contribution in [1.82, 2.24) is 10.2 Å². The molecule has 1 heterocycles. The molecule has 26 heavy (non-hydrogen) atoms. The molecular formula is C17H20N4O3S2. The lowest BCUT2D eigenvalue weighted by molar-refractivity contribution is -0.118. The van der Waals surface area contributed by atoms with Gasteiger partial charge in [-0.25, -0.2) is 0 Å². The number of carbonyl (C=O) groups is 2. The van der Waals surface area contributed by atoms with Gasteiger partial charge in [-0.1, -0.05) is 30.0 Å². The van der Waals surface area contributed by atoms with Crippen LogP contribution in [0.4, 0.5) is 10.8 Å². The van der Waals surface area contributed by atoms with E-state index in [-0.39, 0.29) is 23.6 Å². The van der Waals surface area contributed by atoms with E-state index in [0.717, 1.165) is 18.6 Å². The molecule has 7 nitrogen and oxygen atoms in total. The van der Waals surface area contributed by atoms with E-state index >= 15 is 0 Å². The summed E-state index contributed by atoms with van der Waals surface area (Å²) in [5.74, 6) is 0.907. The molecular weight excluding hydrogens is 372 g/mol. The predicted octanol–water partition coefficient (Wildman–Crippen LogP) is 3.18. The molecule has 1 saturated carbocycles. The van der Waals surface area contributed by atoms with Gasteiger partial charge in [-0.05, 0) is 37.1 Å². The number of thioether (sulfide) groups is 1. The van der Waals surface area contributed by atoms with Crippen LogP contribution in [0.2, 0.25) is 0 Å². The fourth-order valence-corrected chi connectivity index (χ4v) is 4.06. The van der Waals surface area contributed by atoms with E-state index in [1.54, 1.807) is 36.3 Å². The zero-order valence-electron chi connectivity index (χ0n) is 14.6. The minimum Gasteiger partial charge on any atom is -0.497 e. The van der Waals surface area contributed by atoms with Gasteiger partial charge in [0.15, 0.2) is 4.34 Å². The van der Waals surface area contributed by atoms with Crippen LogP contribution in [-0.4, -0.2) is 40.9 Å². The SMILES string of the molecule is CCC(=O)N(c1nnc(SCC(=O)Nc2ccc(OC)cc2)s1)C1CC1. The van der Waals surface area contributed by atoms with Crippen molar-refractivity contribution in [2.45, 2.75) is 36.6 Å². The standard InChI is InChI=1S/C17H20N4O3S2/c1-3-15(23)21(12-6-7-12)16-19-20-17(26-16)25-10-14(22)18-11-4-8-13(24-2)9-5-11/h4-5,8-9,12H,3,6-7,10H2,1-2H3,(H,18,22). The van der Waals surface area contributed by atoms with E-state index < -0.39 is 0 Å². The van der Waals surface area contributed by atoms with Crippen molar-refractivity contribution >= 4 is 45.7 Å². The number of benzene rings is 1. The lowest BCUT2D eigenvalue weighted by Crippen LogP contribution is -2.32. The summed E-state index contributed by atoms with van der Waals surface area (Å²) in [6.45, 7) is 1.85. The Kier molecular flexibility index (Phi) is 6.10. The Morgan fingerprint density at radius 1 is 1.31 bits per heavy atom. The molecule has 1 fully saturated rings. The molecule has 2 aromatic rings. The quantitative estimate of drug-likeness (QED) is 0.549. The number of nitrogens with one attached hydrogen (secondary N) is 1. The van der Waals surface area contributed by atoms with Gasteiger partial charge in [-0.15, -0.1) is 10.2 Å². The summed E-state index contributed by atoms with van der Waals surface area (Å²) in [6.07, 6.45) is 2.47. The normalized spacial score (nSPS) is 13.3. The van der Waals surface area contributed by atoms with Crippen LogP contribution >= 0.6 is 23.1 Å². The maximum absolute atomic E-state index is 12.1. The van der Waals surface area contributed by atoms with Gasteiger partial charge in [0, 0.05) is 18.2 Å². The summed E-state index contributed by atoms with van der Waals surface area (Å²) in [6, 6.07) is 7.41. The second-order valence-electron chi connectivity index (χ2n) is 5.76. The zero-order valence-corrected chi connectivity index (χ0v) is 16.2. The fraction of sp³-hybridized carbons (Fsp3) is 0.412. The molecule has 0 radical (unpaired) electrons. The van der Waals surface area contributed by atoms with Gasteiger partial charge in [0.1, 0.15) is 5.75 Å². The number of nitrogens with zero attached hydrogens (tertiary/aromatic N) is 3. The van der Waals surface area contributed by atoms with E-state index in [0.29, 0.717) is 21.6 Å². The van der Waals surface area contributed by atoms with Crippen molar-refractivity contribution in [3.63, 3.8) is 0 Å². The molecule has 3 rings (SSSR count). The van der Waals surface area contributed by atoms with E-state index in [1.807, 2.05) is 6.92 Å². The number of aromatic nitrogens is 2. The largest absolute Gasteiger partial charge is 0.497 e. The van der Waals surface area contributed by atoms with Crippen LogP contribution in [0.3, 0.4) is 0 Å². The summed E-state index contributed by atoms with van der Waals surface area (Å²) < 4.78 is 5.77. The van der Waals surface area contributed by atoms with Crippen molar-refractivity contribution in [1.29, 1.82) is 0 Å². The highest BCUT2D eigenvalue weighted by molar-refractivity contribution is 8.01. The molecule has 138 valence electrons. The van der Waals surface area contributed by atoms with E-state index in [9.17, 15) is 9.59 Å². The summed E-state index contributed by atoms with van der Waals surface area (Å²) in [4.78, 5) is 25.9. The molecule has 1 aliphatic rings. The van der Waals surface area contributed by atoms with E-state index in [4.69, 9.17) is 4.74 Å². The maximum atomic E-state index is 12.1. The number of amides is 2. The van der Waals surface area contributed by atoms with Gasteiger partial charge in [-0.2, -0.15) is 0 Å². The van der Waals surface area contributed by atoms with Gasteiger partial charge in [-0.3, -0.25) is 14.5 Å². The third-order valence-electron chi connectivity index (χ3n) is 3.79. The Hall–Kier alpha value is -2.13. The van der Waals surface area contributed by atoms with Crippen LogP contribution in [0.1, 0.15) is 26.2 Å². The molecule has 0 unspecified atom stereocenters. The van der Waals surface area contributed by atoms with Crippen molar-refractivity contribution in [2.24, 2.45) is 0 Å². The molecule has 0 spiro atoms. The molecule has 0 saturated heterocycles. The van der Waals surface area contributed by atoms with E-state index in [1.165, 1.54) is 23.1 Å². The Labute approximate surface area is 160 Å². The number of anilines is 2. The Morgan fingerprint density at radius 2 is 2.04 bits per heavy atom. The molecule has 2 amide bonds. The molecule has 1 aliphatic carbocycles. The summed E-state index contributed by atoms with van der Waals surface area (Å²) in [5, 5.41) is 11.7. The second kappa shape index (κ2) is 8.50. The van der Waals surface area contributed by atoms with Crippen LogP contribution in [0.15, 0.2) is 28.6 Å². The van der Waals surface area contributed by atoms with Crippen LogP contribution in [0.25, 0.3) is 0 Å². The number of hydrogen-bond acceptors (Lipinski definition) is 7. The first-order chi connectivity index (χ1) is 12.6. The Morgan fingerprint density at radius 3 is 2.65 bits per heavy atom. The lowest BCUT2D eigenvalue weighted by atomic mass is 10.3. The topological polar surface area (TPSA) is 84.4 Å². The highest BCUT2D eigenvalue weighted by Gasteiger charge is 2.35. The van der Waals surface area contributed by atoms with Gasteiger partial charge < -0.3 is 10.1 Å². The zero-order chi connectivity index (χ0) is 18.5. The highest BCUT2D eigenvalue weighted by Crippen LogP contribution is 2.36. The maximum Gasteiger partial charge on any atom is 0.234 e. The monoisotopic (exact) mass is 392 g/mol. The Bertz CT molecular complexity index is 775. The highest BCUT2D eigenvalue weighted by atomic mass is 32.2. The fourth-order valence-electron chi connectivity index (χ4n) is 2.33. The number of hydrogen-bond donors (Lipinski definition) is 1. The molecule has 0 atom stereocenters. The van der Waals surface area contributed by atoms with Crippen LogP contribution in [0, 0.1) is 0 Å². The van der Waals surface area contributed by atoms with Crippen molar-refractivity contribution in [3.05, 3.63) is 24.3 Å². The van der Waals surface area contributed by atoms with E-state index in [2.05, 4.69) is 15.5 Å². The average molecular weight is 393 g/mol. The molecule has 9 heteroatoms. The molecule has 1 N–H and O–H groups in total. The second-order valence-corrected chi connectivity index (χ2v) is 7.94. The third-order valence-corrected chi connectivity index (χ3v) is 5.84. The number of ether oxygens (including phenoxy) is 1. The van der Waals surface area contributed by atoms with Gasteiger partial charge in [0.05, 0.1) is 12.9 Å². The van der Waals surface area contributed by atoms with Crippen LogP contribution in [0.5, 0.6) is 5.75 Å². The minimum absolute atomic E-state index is 0.0671. The summed E-state index contributed by atoms with van der Waals surface area (Å²) in [7, 11) is 1.60. The van der Waals surface area contributed by atoms with Crippen molar-refractivity contribution < 1.29 is 14.3 Å². The average Bonchev–Trinajstić information content (AvgIpc) is 3.38.